The van der Waals surface area contributed by atoms with Crippen LogP contribution in [0.3, 0.4) is 0 Å². The average molecular weight is 444 g/mol. The van der Waals surface area contributed by atoms with E-state index in [-0.39, 0.29) is 5.91 Å². The van der Waals surface area contributed by atoms with Gasteiger partial charge < -0.3 is 4.90 Å². The summed E-state index contributed by atoms with van der Waals surface area (Å²) in [4.78, 5) is 16.6. The Balaban J connectivity index is 1.34. The minimum absolute atomic E-state index is 0.100. The van der Waals surface area contributed by atoms with Crippen LogP contribution in [0.2, 0.25) is 0 Å². The number of rotatable bonds is 5. The van der Waals surface area contributed by atoms with E-state index in [0.29, 0.717) is 50.7 Å². The Bertz CT molecular complexity index is 1050. The van der Waals surface area contributed by atoms with Gasteiger partial charge in [0, 0.05) is 26.2 Å². The normalized spacial score (nSPS) is 15.2. The number of carbonyl (C=O) groups excluding carboxylic acids is 1. The molecule has 10 heteroatoms. The quantitative estimate of drug-likeness (QED) is 0.606. The van der Waals surface area contributed by atoms with Gasteiger partial charge in [-0.15, -0.1) is 5.10 Å². The van der Waals surface area contributed by atoms with Crippen LogP contribution >= 0.6 is 0 Å². The van der Waals surface area contributed by atoms with Crippen LogP contribution in [0.4, 0.5) is 13.2 Å². The lowest BCUT2D eigenvalue weighted by molar-refractivity contribution is -0.137. The summed E-state index contributed by atoms with van der Waals surface area (Å²) < 4.78 is 39.8. The molecule has 0 N–H and O–H groups in total. The van der Waals surface area contributed by atoms with Crippen LogP contribution in [-0.4, -0.2) is 62.1 Å². The van der Waals surface area contributed by atoms with E-state index in [1.54, 1.807) is 0 Å². The highest BCUT2D eigenvalue weighted by Crippen LogP contribution is 2.29. The highest BCUT2D eigenvalue weighted by atomic mass is 19.4. The monoisotopic (exact) mass is 444 g/mol. The largest absolute Gasteiger partial charge is 0.416 e. The third-order valence-electron chi connectivity index (χ3n) is 5.54. The van der Waals surface area contributed by atoms with Gasteiger partial charge in [-0.05, 0) is 47.2 Å². The van der Waals surface area contributed by atoms with Crippen LogP contribution in [0.15, 0.2) is 48.5 Å². The molecular weight excluding hydrogens is 421 g/mol. The highest BCUT2D eigenvalue weighted by Gasteiger charge is 2.30. The predicted octanol–water partition coefficient (Wildman–Crippen LogP) is 2.88. The lowest BCUT2D eigenvalue weighted by Crippen LogP contribution is -2.48. The average Bonchev–Trinajstić information content (AvgIpc) is 3.23. The van der Waals surface area contributed by atoms with Gasteiger partial charge >= 0.3 is 6.18 Å². The van der Waals surface area contributed by atoms with Crippen molar-refractivity contribution in [2.24, 2.45) is 0 Å². The maximum Gasteiger partial charge on any atom is 0.416 e. The number of halogens is 3. The van der Waals surface area contributed by atoms with Crippen LogP contribution in [-0.2, 0) is 23.9 Å². The van der Waals surface area contributed by atoms with E-state index >= 15 is 0 Å². The van der Waals surface area contributed by atoms with Crippen molar-refractivity contribution < 1.29 is 18.0 Å². The van der Waals surface area contributed by atoms with Crippen molar-refractivity contribution in [3.63, 3.8) is 0 Å². The number of carbonyl (C=O) groups is 1. The molecule has 1 aliphatic rings. The predicted molar refractivity (Wildman–Crippen MR) is 111 cm³/mol. The van der Waals surface area contributed by atoms with Gasteiger partial charge in [0.2, 0.25) is 5.91 Å². The maximum atomic E-state index is 12.8. The van der Waals surface area contributed by atoms with E-state index in [0.717, 1.165) is 23.3 Å². The maximum absolute atomic E-state index is 12.8. The number of aryl methyl sites for hydroxylation is 1. The Labute approximate surface area is 183 Å². The van der Waals surface area contributed by atoms with E-state index in [9.17, 15) is 18.0 Å². The van der Waals surface area contributed by atoms with E-state index < -0.39 is 11.7 Å². The van der Waals surface area contributed by atoms with Crippen LogP contribution < -0.4 is 0 Å². The summed E-state index contributed by atoms with van der Waals surface area (Å²) in [6, 6.07) is 12.7. The molecule has 0 saturated carbocycles. The molecule has 0 bridgehead atoms. The van der Waals surface area contributed by atoms with E-state index in [4.69, 9.17) is 0 Å². The first-order chi connectivity index (χ1) is 15.3. The fourth-order valence-corrected chi connectivity index (χ4v) is 3.64. The van der Waals surface area contributed by atoms with Gasteiger partial charge in [-0.3, -0.25) is 9.69 Å². The molecule has 168 valence electrons. The first-order valence-corrected chi connectivity index (χ1v) is 10.3. The zero-order chi connectivity index (χ0) is 22.7. The number of benzene rings is 2. The van der Waals surface area contributed by atoms with Crippen LogP contribution in [0, 0.1) is 6.92 Å². The molecule has 32 heavy (non-hydrogen) atoms. The third kappa shape index (κ3) is 5.13. The first-order valence-electron chi connectivity index (χ1n) is 10.3. The molecule has 1 saturated heterocycles. The van der Waals surface area contributed by atoms with Gasteiger partial charge in [-0.2, -0.15) is 17.9 Å². The molecule has 0 aliphatic carbocycles. The fourth-order valence-electron chi connectivity index (χ4n) is 3.64. The summed E-state index contributed by atoms with van der Waals surface area (Å²) in [6.07, 6.45) is -4.01. The van der Waals surface area contributed by atoms with Gasteiger partial charge in [-0.25, -0.2) is 0 Å². The topological polar surface area (TPSA) is 67.2 Å². The number of alkyl halides is 3. The van der Waals surface area contributed by atoms with Crippen molar-refractivity contribution in [2.45, 2.75) is 26.1 Å². The van der Waals surface area contributed by atoms with Crippen molar-refractivity contribution in [1.82, 2.24) is 30.0 Å². The van der Waals surface area contributed by atoms with Gasteiger partial charge in [-0.1, -0.05) is 29.8 Å². The third-order valence-corrected chi connectivity index (χ3v) is 5.54. The molecule has 0 atom stereocenters. The van der Waals surface area contributed by atoms with Crippen molar-refractivity contribution in [2.75, 3.05) is 26.2 Å². The zero-order valence-corrected chi connectivity index (χ0v) is 17.6. The summed E-state index contributed by atoms with van der Waals surface area (Å²) in [5.74, 6) is 0.632. The van der Waals surface area contributed by atoms with Crippen LogP contribution in [0.1, 0.15) is 22.5 Å². The SMILES string of the molecule is Cc1ccc(CC(=O)N2CCN(Cc3nnnn3-c3ccc(C(F)(F)F)cc3)CC2)cc1. The lowest BCUT2D eigenvalue weighted by atomic mass is 10.1. The number of hydrogen-bond acceptors (Lipinski definition) is 5. The zero-order valence-electron chi connectivity index (χ0n) is 17.6. The summed E-state index contributed by atoms with van der Waals surface area (Å²) >= 11 is 0. The number of hydrogen-bond donors (Lipinski definition) is 0. The minimum atomic E-state index is -4.39. The molecule has 0 spiro atoms. The van der Waals surface area contributed by atoms with Gasteiger partial charge in [0.1, 0.15) is 0 Å². The highest BCUT2D eigenvalue weighted by molar-refractivity contribution is 5.78. The Hall–Kier alpha value is -3.27. The van der Waals surface area contributed by atoms with Gasteiger partial charge in [0.25, 0.3) is 0 Å². The standard InChI is InChI=1S/C22H23F3N6O/c1-16-2-4-17(5-3-16)14-21(32)30-12-10-29(11-13-30)15-20-26-27-28-31(20)19-8-6-18(7-9-19)22(23,24)25/h2-9H,10-15H2,1H3. The number of piperazine rings is 1. The van der Waals surface area contributed by atoms with Gasteiger partial charge in [0.15, 0.2) is 5.82 Å². The summed E-state index contributed by atoms with van der Waals surface area (Å²) in [5, 5.41) is 11.6. The Morgan fingerprint density at radius 3 is 2.25 bits per heavy atom. The molecule has 1 fully saturated rings. The fraction of sp³-hybridized carbons (Fsp3) is 0.364. The first kappa shape index (κ1) is 21.9. The molecule has 7 nitrogen and oxygen atoms in total. The molecule has 3 aromatic rings. The molecule has 0 radical (unpaired) electrons. The molecule has 4 rings (SSSR count). The van der Waals surface area contributed by atoms with Crippen LogP contribution in [0.25, 0.3) is 5.69 Å². The van der Waals surface area contributed by atoms with Gasteiger partial charge in [0.05, 0.1) is 24.2 Å². The molecule has 1 aliphatic heterocycles. The van der Waals surface area contributed by atoms with Crippen molar-refractivity contribution >= 4 is 5.91 Å². The lowest BCUT2D eigenvalue weighted by Gasteiger charge is -2.34. The van der Waals surface area contributed by atoms with E-state index in [2.05, 4.69) is 20.4 Å². The molecule has 1 aromatic heterocycles. The molecule has 0 unspecified atom stereocenters. The number of tetrazole rings is 1. The number of amides is 1. The number of aromatic nitrogens is 4. The summed E-state index contributed by atoms with van der Waals surface area (Å²) in [6.45, 7) is 4.99. The summed E-state index contributed by atoms with van der Waals surface area (Å²) in [7, 11) is 0. The second kappa shape index (κ2) is 9.07. The van der Waals surface area contributed by atoms with E-state index in [1.165, 1.54) is 16.8 Å². The summed E-state index contributed by atoms with van der Waals surface area (Å²) in [5.41, 5.74) is 1.90. The smallest absolute Gasteiger partial charge is 0.340 e. The van der Waals surface area contributed by atoms with Crippen LogP contribution in [0.5, 0.6) is 0 Å². The van der Waals surface area contributed by atoms with Crippen molar-refractivity contribution in [1.29, 1.82) is 0 Å². The molecule has 2 heterocycles. The van der Waals surface area contributed by atoms with Crippen molar-refractivity contribution in [3.8, 4) is 5.69 Å². The minimum Gasteiger partial charge on any atom is -0.340 e. The molecule has 2 aromatic carbocycles. The van der Waals surface area contributed by atoms with Crippen molar-refractivity contribution in [3.05, 3.63) is 71.0 Å². The second-order valence-electron chi connectivity index (χ2n) is 7.87. The second-order valence-corrected chi connectivity index (χ2v) is 7.87. The molecular formula is C22H23F3N6O. The number of nitrogens with zero attached hydrogens (tertiary/aromatic N) is 6. The Morgan fingerprint density at radius 2 is 1.62 bits per heavy atom. The molecule has 1 amide bonds. The van der Waals surface area contributed by atoms with E-state index in [1.807, 2.05) is 36.1 Å². The Kier molecular flexibility index (Phi) is 6.22. The Morgan fingerprint density at radius 1 is 0.969 bits per heavy atom.